The zero-order chi connectivity index (χ0) is 10.6. The van der Waals surface area contributed by atoms with Crippen molar-refractivity contribution in [2.45, 2.75) is 20.4 Å². The van der Waals surface area contributed by atoms with Crippen LogP contribution in [0.2, 0.25) is 0 Å². The second-order valence-electron chi connectivity index (χ2n) is 2.99. The summed E-state index contributed by atoms with van der Waals surface area (Å²) < 4.78 is 4.70. The molecule has 0 radical (unpaired) electrons. The maximum Gasteiger partial charge on any atom is 0.237 e. The smallest absolute Gasteiger partial charge is 0.237 e. The van der Waals surface area contributed by atoms with Crippen molar-refractivity contribution in [2.75, 3.05) is 0 Å². The van der Waals surface area contributed by atoms with E-state index in [2.05, 4.69) is 10.5 Å². The van der Waals surface area contributed by atoms with Gasteiger partial charge in [-0.15, -0.1) is 0 Å². The van der Waals surface area contributed by atoms with Crippen LogP contribution in [0.5, 0.6) is 0 Å². The van der Waals surface area contributed by atoms with Crippen LogP contribution in [0.3, 0.4) is 0 Å². The van der Waals surface area contributed by atoms with Gasteiger partial charge in [0.15, 0.2) is 0 Å². The molecular formula is C9H11N3O2. The van der Waals surface area contributed by atoms with E-state index in [0.717, 1.165) is 11.3 Å². The van der Waals surface area contributed by atoms with E-state index < -0.39 is 5.92 Å². The van der Waals surface area contributed by atoms with Gasteiger partial charge in [0.25, 0.3) is 0 Å². The van der Waals surface area contributed by atoms with Crippen LogP contribution < -0.4 is 5.32 Å². The number of rotatable bonds is 3. The number of nitrogens with zero attached hydrogens (tertiary/aromatic N) is 2. The molecule has 0 saturated carbocycles. The van der Waals surface area contributed by atoms with Crippen LogP contribution in [0.15, 0.2) is 10.8 Å². The number of nitriles is 1. The lowest BCUT2D eigenvalue weighted by molar-refractivity contribution is -0.123. The molecule has 74 valence electrons. The van der Waals surface area contributed by atoms with Crippen LogP contribution in [0.1, 0.15) is 18.2 Å². The molecule has 1 rings (SSSR count). The first kappa shape index (κ1) is 10.3. The Morgan fingerprint density at radius 2 is 2.57 bits per heavy atom. The molecule has 1 amide bonds. The molecule has 1 atom stereocenters. The number of carbonyl (C=O) groups is 1. The van der Waals surface area contributed by atoms with Crippen LogP contribution in [-0.2, 0) is 11.3 Å². The number of carbonyl (C=O) groups excluding carboxylic acids is 1. The van der Waals surface area contributed by atoms with E-state index >= 15 is 0 Å². The fourth-order valence-corrected chi connectivity index (χ4v) is 0.877. The number of hydrogen-bond acceptors (Lipinski definition) is 4. The highest BCUT2D eigenvalue weighted by Crippen LogP contribution is 2.04. The first-order chi connectivity index (χ1) is 6.65. The van der Waals surface area contributed by atoms with Gasteiger partial charge in [0, 0.05) is 12.1 Å². The summed E-state index contributed by atoms with van der Waals surface area (Å²) >= 11 is 0. The zero-order valence-electron chi connectivity index (χ0n) is 8.07. The van der Waals surface area contributed by atoms with Gasteiger partial charge in [0.2, 0.25) is 5.91 Å². The third-order valence-corrected chi connectivity index (χ3v) is 1.89. The van der Waals surface area contributed by atoms with Gasteiger partial charge in [0.05, 0.1) is 11.8 Å². The van der Waals surface area contributed by atoms with Gasteiger partial charge in [0.1, 0.15) is 12.2 Å². The van der Waals surface area contributed by atoms with Crippen molar-refractivity contribution in [3.63, 3.8) is 0 Å². The Bertz CT molecular complexity index is 364. The van der Waals surface area contributed by atoms with Crippen LogP contribution >= 0.6 is 0 Å². The Hall–Kier alpha value is -1.83. The minimum absolute atomic E-state index is 0.284. The van der Waals surface area contributed by atoms with Gasteiger partial charge in [-0.1, -0.05) is 5.16 Å². The molecule has 0 bridgehead atoms. The van der Waals surface area contributed by atoms with E-state index in [9.17, 15) is 4.79 Å². The minimum atomic E-state index is -0.629. The number of amides is 1. The molecular weight excluding hydrogens is 182 g/mol. The van der Waals surface area contributed by atoms with Crippen molar-refractivity contribution in [3.8, 4) is 6.07 Å². The van der Waals surface area contributed by atoms with Crippen molar-refractivity contribution in [2.24, 2.45) is 5.92 Å². The first-order valence-electron chi connectivity index (χ1n) is 4.22. The third-order valence-electron chi connectivity index (χ3n) is 1.89. The van der Waals surface area contributed by atoms with Gasteiger partial charge in [-0.2, -0.15) is 5.26 Å². The van der Waals surface area contributed by atoms with E-state index in [1.54, 1.807) is 13.8 Å². The topological polar surface area (TPSA) is 78.9 Å². The van der Waals surface area contributed by atoms with E-state index in [4.69, 9.17) is 9.78 Å². The van der Waals surface area contributed by atoms with Crippen molar-refractivity contribution in [1.29, 1.82) is 5.26 Å². The fourth-order valence-electron chi connectivity index (χ4n) is 0.877. The highest BCUT2D eigenvalue weighted by molar-refractivity contribution is 5.80. The van der Waals surface area contributed by atoms with Gasteiger partial charge in [-0.3, -0.25) is 4.79 Å². The molecule has 1 aromatic heterocycles. The molecule has 0 aliphatic carbocycles. The summed E-state index contributed by atoms with van der Waals surface area (Å²) in [5.41, 5.74) is 1.57. The van der Waals surface area contributed by atoms with Crippen LogP contribution in [0.25, 0.3) is 0 Å². The molecule has 14 heavy (non-hydrogen) atoms. The fraction of sp³-hybridized carbons (Fsp3) is 0.444. The lowest BCUT2D eigenvalue weighted by Gasteiger charge is -2.03. The van der Waals surface area contributed by atoms with Crippen molar-refractivity contribution in [1.82, 2.24) is 10.5 Å². The number of aromatic nitrogens is 1. The summed E-state index contributed by atoms with van der Waals surface area (Å²) in [4.78, 5) is 11.2. The third kappa shape index (κ3) is 2.33. The van der Waals surface area contributed by atoms with Gasteiger partial charge < -0.3 is 9.84 Å². The normalized spacial score (nSPS) is 11.8. The second kappa shape index (κ2) is 4.42. The zero-order valence-corrected chi connectivity index (χ0v) is 8.07. The Labute approximate surface area is 81.7 Å². The minimum Gasteiger partial charge on any atom is -0.364 e. The maximum atomic E-state index is 11.2. The highest BCUT2D eigenvalue weighted by atomic mass is 16.5. The first-order valence-corrected chi connectivity index (χ1v) is 4.22. The molecule has 5 nitrogen and oxygen atoms in total. The standard InChI is InChI=1S/C9H11N3O2/c1-6(3-10)9(13)11-4-8-5-14-12-7(8)2/h5-6H,4H2,1-2H3,(H,11,13). The molecule has 0 aliphatic rings. The lowest BCUT2D eigenvalue weighted by Crippen LogP contribution is -2.27. The lowest BCUT2D eigenvalue weighted by atomic mass is 10.2. The molecule has 0 spiro atoms. The average Bonchev–Trinajstić information content (AvgIpc) is 2.59. The monoisotopic (exact) mass is 193 g/mol. The van der Waals surface area contributed by atoms with Crippen molar-refractivity contribution < 1.29 is 9.32 Å². The van der Waals surface area contributed by atoms with Crippen molar-refractivity contribution in [3.05, 3.63) is 17.5 Å². The quantitative estimate of drug-likeness (QED) is 0.768. The molecule has 5 heteroatoms. The number of aryl methyl sites for hydroxylation is 1. The molecule has 0 aliphatic heterocycles. The maximum absolute atomic E-state index is 11.2. The Morgan fingerprint density at radius 3 is 3.07 bits per heavy atom. The number of nitrogens with one attached hydrogen (secondary N) is 1. The molecule has 1 N–H and O–H groups in total. The average molecular weight is 193 g/mol. The Kier molecular flexibility index (Phi) is 3.24. The van der Waals surface area contributed by atoms with E-state index in [-0.39, 0.29) is 5.91 Å². The second-order valence-corrected chi connectivity index (χ2v) is 2.99. The van der Waals surface area contributed by atoms with E-state index in [0.29, 0.717) is 6.54 Å². The molecule has 1 heterocycles. The van der Waals surface area contributed by atoms with Crippen molar-refractivity contribution >= 4 is 5.91 Å². The molecule has 0 saturated heterocycles. The van der Waals surface area contributed by atoms with Crippen LogP contribution in [0, 0.1) is 24.2 Å². The predicted molar refractivity (Wildman–Crippen MR) is 47.9 cm³/mol. The van der Waals surface area contributed by atoms with E-state index in [1.165, 1.54) is 6.26 Å². The Morgan fingerprint density at radius 1 is 1.86 bits per heavy atom. The summed E-state index contributed by atoms with van der Waals surface area (Å²) in [6.45, 7) is 3.69. The molecule has 1 unspecified atom stereocenters. The summed E-state index contributed by atoms with van der Waals surface area (Å²) in [5, 5.41) is 14.8. The number of hydrogen-bond donors (Lipinski definition) is 1. The largest absolute Gasteiger partial charge is 0.364 e. The summed E-state index contributed by atoms with van der Waals surface area (Å²) in [6.07, 6.45) is 1.48. The predicted octanol–water partition coefficient (Wildman–Crippen LogP) is 0.759. The van der Waals surface area contributed by atoms with Gasteiger partial charge in [-0.05, 0) is 13.8 Å². The molecule has 0 aromatic carbocycles. The molecule has 1 aromatic rings. The van der Waals surface area contributed by atoms with Crippen LogP contribution in [-0.4, -0.2) is 11.1 Å². The van der Waals surface area contributed by atoms with Crippen LogP contribution in [0.4, 0.5) is 0 Å². The van der Waals surface area contributed by atoms with E-state index in [1.807, 2.05) is 6.07 Å². The van der Waals surface area contributed by atoms with Gasteiger partial charge >= 0.3 is 0 Å². The molecule has 0 fully saturated rings. The summed E-state index contributed by atoms with van der Waals surface area (Å²) in [7, 11) is 0. The SMILES string of the molecule is Cc1nocc1CNC(=O)C(C)C#N. The highest BCUT2D eigenvalue weighted by Gasteiger charge is 2.11. The summed E-state index contributed by atoms with van der Waals surface area (Å²) in [5.74, 6) is -0.914. The Balaban J connectivity index is 2.46. The summed E-state index contributed by atoms with van der Waals surface area (Å²) in [6, 6.07) is 1.86. The van der Waals surface area contributed by atoms with Gasteiger partial charge in [-0.25, -0.2) is 0 Å².